The third-order valence-electron chi connectivity index (χ3n) is 3.31. The summed E-state index contributed by atoms with van der Waals surface area (Å²) in [6.45, 7) is 9.15. The molecule has 3 nitrogen and oxygen atoms in total. The van der Waals surface area contributed by atoms with Crippen molar-refractivity contribution in [1.29, 1.82) is 0 Å². The summed E-state index contributed by atoms with van der Waals surface area (Å²) in [5.74, 6) is 1.03. The van der Waals surface area contributed by atoms with Crippen molar-refractivity contribution in [3.05, 3.63) is 0 Å². The minimum Gasteiger partial charge on any atom is -0.383 e. The fraction of sp³-hybridized carbons (Fsp3) is 1.00. The summed E-state index contributed by atoms with van der Waals surface area (Å²) < 4.78 is 5.00. The largest absolute Gasteiger partial charge is 0.383 e. The Morgan fingerprint density at radius 2 is 2.00 bits per heavy atom. The Balaban J connectivity index is 1.90. The number of ether oxygens (including phenoxy) is 1. The van der Waals surface area contributed by atoms with Crippen LogP contribution >= 0.6 is 0 Å². The lowest BCUT2D eigenvalue weighted by Gasteiger charge is -2.21. The number of unbranched alkanes of at least 4 members (excludes halogenated alkanes) is 1. The van der Waals surface area contributed by atoms with E-state index < -0.39 is 0 Å². The first kappa shape index (κ1) is 14.9. The van der Waals surface area contributed by atoms with Gasteiger partial charge in [0.15, 0.2) is 0 Å². The molecule has 0 aliphatic heterocycles. The van der Waals surface area contributed by atoms with Crippen molar-refractivity contribution in [1.82, 2.24) is 10.2 Å². The van der Waals surface area contributed by atoms with Gasteiger partial charge in [-0.1, -0.05) is 6.92 Å². The van der Waals surface area contributed by atoms with Gasteiger partial charge in [-0.2, -0.15) is 0 Å². The van der Waals surface area contributed by atoms with Crippen LogP contribution in [-0.2, 0) is 4.74 Å². The summed E-state index contributed by atoms with van der Waals surface area (Å²) >= 11 is 0. The predicted octanol–water partition coefficient (Wildman–Crippen LogP) is 2.12. The highest BCUT2D eigenvalue weighted by molar-refractivity contribution is 4.77. The maximum Gasteiger partial charge on any atom is 0.0587 e. The minimum absolute atomic E-state index is 0.823. The van der Waals surface area contributed by atoms with E-state index >= 15 is 0 Å². The van der Waals surface area contributed by atoms with Crippen LogP contribution in [0, 0.1) is 5.92 Å². The van der Waals surface area contributed by atoms with Gasteiger partial charge in [-0.25, -0.2) is 0 Å². The number of nitrogens with zero attached hydrogens (tertiary/aromatic N) is 1. The molecule has 0 amide bonds. The first-order valence-corrected chi connectivity index (χ1v) is 7.28. The van der Waals surface area contributed by atoms with Crippen molar-refractivity contribution in [2.75, 3.05) is 46.4 Å². The van der Waals surface area contributed by atoms with E-state index in [4.69, 9.17) is 4.74 Å². The molecule has 0 aromatic rings. The zero-order chi connectivity index (χ0) is 12.3. The summed E-state index contributed by atoms with van der Waals surface area (Å²) in [6.07, 6.45) is 6.84. The van der Waals surface area contributed by atoms with Gasteiger partial charge in [-0.3, -0.25) is 0 Å². The Morgan fingerprint density at radius 1 is 1.18 bits per heavy atom. The molecule has 1 saturated carbocycles. The fourth-order valence-electron chi connectivity index (χ4n) is 2.16. The van der Waals surface area contributed by atoms with E-state index in [1.807, 2.05) is 0 Å². The molecule has 102 valence electrons. The maximum absolute atomic E-state index is 5.00. The number of hydrogen-bond acceptors (Lipinski definition) is 3. The molecule has 3 heteroatoms. The van der Waals surface area contributed by atoms with Gasteiger partial charge in [0.2, 0.25) is 0 Å². The molecular weight excluding hydrogens is 212 g/mol. The van der Waals surface area contributed by atoms with Crippen molar-refractivity contribution in [3.8, 4) is 0 Å². The molecule has 0 aromatic heterocycles. The van der Waals surface area contributed by atoms with Crippen LogP contribution in [-0.4, -0.2) is 51.3 Å². The molecule has 0 saturated heterocycles. The first-order valence-electron chi connectivity index (χ1n) is 7.28. The normalized spacial score (nSPS) is 15.7. The molecule has 0 unspecified atom stereocenters. The summed E-state index contributed by atoms with van der Waals surface area (Å²) in [6, 6.07) is 0. The van der Waals surface area contributed by atoms with Crippen molar-refractivity contribution in [3.63, 3.8) is 0 Å². The average molecular weight is 242 g/mol. The predicted molar refractivity (Wildman–Crippen MR) is 73.4 cm³/mol. The summed E-state index contributed by atoms with van der Waals surface area (Å²) in [4.78, 5) is 2.66. The molecular formula is C14H30N2O. The number of methoxy groups -OCH3 is 1. The Kier molecular flexibility index (Phi) is 8.67. The molecule has 0 aromatic carbocycles. The third-order valence-corrected chi connectivity index (χ3v) is 3.31. The lowest BCUT2D eigenvalue weighted by Crippen LogP contribution is -2.29. The van der Waals surface area contributed by atoms with Gasteiger partial charge < -0.3 is 15.0 Å². The second kappa shape index (κ2) is 9.86. The van der Waals surface area contributed by atoms with Crippen LogP contribution in [0.15, 0.2) is 0 Å². The quantitative estimate of drug-likeness (QED) is 0.531. The summed E-state index contributed by atoms with van der Waals surface area (Å²) in [7, 11) is 1.75. The van der Waals surface area contributed by atoms with E-state index in [2.05, 4.69) is 17.1 Å². The van der Waals surface area contributed by atoms with E-state index in [0.29, 0.717) is 0 Å². The van der Waals surface area contributed by atoms with Crippen LogP contribution in [0.3, 0.4) is 0 Å². The van der Waals surface area contributed by atoms with Crippen molar-refractivity contribution >= 4 is 0 Å². The molecule has 0 atom stereocenters. The van der Waals surface area contributed by atoms with Crippen LogP contribution in [0.2, 0.25) is 0 Å². The highest BCUT2D eigenvalue weighted by Gasteiger charge is 2.23. The van der Waals surface area contributed by atoms with Crippen LogP contribution < -0.4 is 5.32 Å². The molecule has 0 radical (unpaired) electrons. The van der Waals surface area contributed by atoms with Gasteiger partial charge >= 0.3 is 0 Å². The van der Waals surface area contributed by atoms with Crippen molar-refractivity contribution < 1.29 is 4.74 Å². The van der Waals surface area contributed by atoms with Crippen molar-refractivity contribution in [2.24, 2.45) is 5.92 Å². The number of hydrogen-bond donors (Lipinski definition) is 1. The van der Waals surface area contributed by atoms with Gasteiger partial charge in [0, 0.05) is 20.2 Å². The highest BCUT2D eigenvalue weighted by atomic mass is 16.5. The van der Waals surface area contributed by atoms with Crippen LogP contribution in [0.5, 0.6) is 0 Å². The summed E-state index contributed by atoms with van der Waals surface area (Å²) in [5.41, 5.74) is 0. The first-order chi connectivity index (χ1) is 8.36. The molecule has 1 rings (SSSR count). The molecule has 1 N–H and O–H groups in total. The number of rotatable bonds is 12. The standard InChI is InChI=1S/C14H30N2O/c1-3-10-16(13-14-6-7-14)11-5-4-8-15-9-12-17-2/h14-15H,3-13H2,1-2H3. The molecule has 1 aliphatic carbocycles. The maximum atomic E-state index is 5.00. The lowest BCUT2D eigenvalue weighted by molar-refractivity contribution is 0.199. The third kappa shape index (κ3) is 8.58. The van der Waals surface area contributed by atoms with Crippen molar-refractivity contribution in [2.45, 2.75) is 39.0 Å². The Morgan fingerprint density at radius 3 is 2.65 bits per heavy atom. The SMILES string of the molecule is CCCN(CCCCNCCOC)CC1CC1. The second-order valence-electron chi connectivity index (χ2n) is 5.19. The Labute approximate surface area is 107 Å². The van der Waals surface area contributed by atoms with Crippen LogP contribution in [0.1, 0.15) is 39.0 Å². The molecule has 0 heterocycles. The zero-order valence-electron chi connectivity index (χ0n) is 11.7. The van der Waals surface area contributed by atoms with Gasteiger partial charge in [0.25, 0.3) is 0 Å². The van der Waals surface area contributed by atoms with Gasteiger partial charge in [-0.15, -0.1) is 0 Å². The molecule has 1 fully saturated rings. The topological polar surface area (TPSA) is 24.5 Å². The van der Waals surface area contributed by atoms with E-state index in [0.717, 1.165) is 25.6 Å². The van der Waals surface area contributed by atoms with E-state index in [1.54, 1.807) is 7.11 Å². The van der Waals surface area contributed by atoms with Gasteiger partial charge in [0.05, 0.1) is 6.61 Å². The van der Waals surface area contributed by atoms with E-state index in [-0.39, 0.29) is 0 Å². The van der Waals surface area contributed by atoms with E-state index in [1.165, 1.54) is 51.7 Å². The Bertz CT molecular complexity index is 172. The summed E-state index contributed by atoms with van der Waals surface area (Å²) in [5, 5.41) is 3.40. The lowest BCUT2D eigenvalue weighted by atomic mass is 10.2. The van der Waals surface area contributed by atoms with Crippen LogP contribution in [0.4, 0.5) is 0 Å². The fourth-order valence-corrected chi connectivity index (χ4v) is 2.16. The zero-order valence-corrected chi connectivity index (χ0v) is 11.7. The smallest absolute Gasteiger partial charge is 0.0587 e. The number of nitrogens with one attached hydrogen (secondary N) is 1. The molecule has 0 bridgehead atoms. The second-order valence-corrected chi connectivity index (χ2v) is 5.19. The van der Waals surface area contributed by atoms with Crippen LogP contribution in [0.25, 0.3) is 0 Å². The molecule has 1 aliphatic rings. The average Bonchev–Trinajstić information content (AvgIpc) is 3.12. The van der Waals surface area contributed by atoms with E-state index in [9.17, 15) is 0 Å². The van der Waals surface area contributed by atoms with Gasteiger partial charge in [-0.05, 0) is 57.7 Å². The molecule has 17 heavy (non-hydrogen) atoms. The minimum atomic E-state index is 0.823. The highest BCUT2D eigenvalue weighted by Crippen LogP contribution is 2.29. The Hall–Kier alpha value is -0.120. The monoisotopic (exact) mass is 242 g/mol. The van der Waals surface area contributed by atoms with Gasteiger partial charge in [0.1, 0.15) is 0 Å². The molecule has 0 spiro atoms.